The van der Waals surface area contributed by atoms with Gasteiger partial charge in [-0.15, -0.1) is 0 Å². The first kappa shape index (κ1) is 17.4. The van der Waals surface area contributed by atoms with E-state index in [1.54, 1.807) is 0 Å². The van der Waals surface area contributed by atoms with Gasteiger partial charge in [0.15, 0.2) is 0 Å². The van der Waals surface area contributed by atoms with E-state index in [2.05, 4.69) is 36.1 Å². The Bertz CT molecular complexity index is 280. The molecular weight excluding hydrogens is 254 g/mol. The molecule has 0 heterocycles. The van der Waals surface area contributed by atoms with Gasteiger partial charge in [-0.3, -0.25) is 4.79 Å². The number of carbonyl (C=O) groups is 1. The summed E-state index contributed by atoms with van der Waals surface area (Å²) in [6, 6.07) is 0.339. The molecule has 0 aromatic rings. The molecule has 1 rings (SSSR count). The largest absolute Gasteiger partial charge is 0.465 e. The van der Waals surface area contributed by atoms with Gasteiger partial charge in [0, 0.05) is 12.6 Å². The van der Waals surface area contributed by atoms with E-state index < -0.39 is 0 Å². The van der Waals surface area contributed by atoms with E-state index in [0.717, 1.165) is 32.6 Å². The Kier molecular flexibility index (Phi) is 8.11. The number of nitrogens with zero attached hydrogens (tertiary/aromatic N) is 2. The van der Waals surface area contributed by atoms with Gasteiger partial charge in [-0.25, -0.2) is 0 Å². The summed E-state index contributed by atoms with van der Waals surface area (Å²) in [5.74, 6) is -0.106. The maximum Gasteiger partial charge on any atom is 0.324 e. The fourth-order valence-electron chi connectivity index (χ4n) is 2.22. The first-order chi connectivity index (χ1) is 9.56. The maximum absolute atomic E-state index is 12.0. The fourth-order valence-corrected chi connectivity index (χ4v) is 2.22. The second kappa shape index (κ2) is 9.32. The average molecular weight is 285 g/mol. The average Bonchev–Trinajstić information content (AvgIpc) is 3.20. The predicted molar refractivity (Wildman–Crippen MR) is 81.9 cm³/mol. The van der Waals surface area contributed by atoms with Crippen molar-refractivity contribution in [2.75, 3.05) is 46.9 Å². The fraction of sp³-hybridized carbons (Fsp3) is 0.933. The van der Waals surface area contributed by atoms with Gasteiger partial charge in [-0.05, 0) is 59.9 Å². The van der Waals surface area contributed by atoms with Crippen molar-refractivity contribution in [1.82, 2.24) is 15.1 Å². The molecule has 0 aromatic carbocycles. The Hall–Kier alpha value is -0.650. The maximum atomic E-state index is 12.0. The van der Waals surface area contributed by atoms with Crippen LogP contribution >= 0.6 is 0 Å². The SMILES string of the molecule is CCOC(=O)C(CN(CC)CCCN(C)C)NC1CC1. The van der Waals surface area contributed by atoms with Crippen LogP contribution in [0.1, 0.15) is 33.1 Å². The summed E-state index contributed by atoms with van der Waals surface area (Å²) in [5.41, 5.74) is 0. The number of likely N-dealkylation sites (N-methyl/N-ethyl adjacent to an activating group) is 1. The lowest BCUT2D eigenvalue weighted by atomic mass is 10.2. The van der Waals surface area contributed by atoms with Gasteiger partial charge in [0.2, 0.25) is 0 Å². The standard InChI is InChI=1S/C15H31N3O2/c1-5-18(11-7-10-17(3)4)12-14(15(19)20-6-2)16-13-8-9-13/h13-14,16H,5-12H2,1-4H3. The first-order valence-corrected chi connectivity index (χ1v) is 7.86. The molecule has 1 N–H and O–H groups in total. The van der Waals surface area contributed by atoms with Gasteiger partial charge >= 0.3 is 5.97 Å². The molecule has 0 aromatic heterocycles. The van der Waals surface area contributed by atoms with Crippen LogP contribution in [-0.4, -0.2) is 74.7 Å². The van der Waals surface area contributed by atoms with E-state index >= 15 is 0 Å². The number of esters is 1. The summed E-state index contributed by atoms with van der Waals surface area (Å²) in [4.78, 5) is 16.5. The van der Waals surface area contributed by atoms with Gasteiger partial charge in [0.05, 0.1) is 6.61 Å². The van der Waals surface area contributed by atoms with Crippen molar-refractivity contribution in [1.29, 1.82) is 0 Å². The molecule has 1 saturated carbocycles. The second-order valence-corrected chi connectivity index (χ2v) is 5.80. The number of ether oxygens (including phenoxy) is 1. The number of nitrogens with one attached hydrogen (secondary N) is 1. The monoisotopic (exact) mass is 285 g/mol. The molecule has 1 unspecified atom stereocenters. The Morgan fingerprint density at radius 1 is 1.30 bits per heavy atom. The van der Waals surface area contributed by atoms with Crippen LogP contribution in [-0.2, 0) is 9.53 Å². The second-order valence-electron chi connectivity index (χ2n) is 5.80. The summed E-state index contributed by atoms with van der Waals surface area (Å²) < 4.78 is 5.18. The summed E-state index contributed by atoms with van der Waals surface area (Å²) in [7, 11) is 4.18. The summed E-state index contributed by atoms with van der Waals surface area (Å²) in [5, 5.41) is 3.41. The zero-order chi connectivity index (χ0) is 15.0. The predicted octanol–water partition coefficient (Wildman–Crippen LogP) is 0.944. The van der Waals surface area contributed by atoms with Crippen LogP contribution in [0.5, 0.6) is 0 Å². The molecule has 1 atom stereocenters. The molecule has 5 nitrogen and oxygen atoms in total. The minimum absolute atomic E-state index is 0.106. The Labute approximate surface area is 123 Å². The first-order valence-electron chi connectivity index (χ1n) is 7.86. The van der Waals surface area contributed by atoms with Crippen molar-refractivity contribution < 1.29 is 9.53 Å². The van der Waals surface area contributed by atoms with E-state index in [1.165, 1.54) is 12.8 Å². The number of hydrogen-bond donors (Lipinski definition) is 1. The summed E-state index contributed by atoms with van der Waals surface area (Å²) in [6.07, 6.45) is 3.49. The van der Waals surface area contributed by atoms with Gasteiger partial charge in [0.25, 0.3) is 0 Å². The summed E-state index contributed by atoms with van der Waals surface area (Å²) in [6.45, 7) is 8.28. The Morgan fingerprint density at radius 2 is 2.00 bits per heavy atom. The molecule has 1 aliphatic rings. The third-order valence-corrected chi connectivity index (χ3v) is 3.55. The topological polar surface area (TPSA) is 44.8 Å². The molecule has 1 fully saturated rings. The zero-order valence-corrected chi connectivity index (χ0v) is 13.5. The Morgan fingerprint density at radius 3 is 2.50 bits per heavy atom. The highest BCUT2D eigenvalue weighted by atomic mass is 16.5. The number of hydrogen-bond acceptors (Lipinski definition) is 5. The third-order valence-electron chi connectivity index (χ3n) is 3.55. The molecular formula is C15H31N3O2. The van der Waals surface area contributed by atoms with Crippen molar-refractivity contribution >= 4 is 5.97 Å². The van der Waals surface area contributed by atoms with E-state index in [-0.39, 0.29) is 12.0 Å². The minimum Gasteiger partial charge on any atom is -0.465 e. The van der Waals surface area contributed by atoms with E-state index in [4.69, 9.17) is 4.74 Å². The van der Waals surface area contributed by atoms with Crippen molar-refractivity contribution in [2.24, 2.45) is 0 Å². The van der Waals surface area contributed by atoms with Crippen LogP contribution in [0.3, 0.4) is 0 Å². The molecule has 20 heavy (non-hydrogen) atoms. The van der Waals surface area contributed by atoms with Crippen LogP contribution in [0.4, 0.5) is 0 Å². The van der Waals surface area contributed by atoms with E-state index in [9.17, 15) is 4.79 Å². The lowest BCUT2D eigenvalue weighted by Crippen LogP contribution is -2.48. The smallest absolute Gasteiger partial charge is 0.324 e. The van der Waals surface area contributed by atoms with Gasteiger partial charge in [-0.1, -0.05) is 6.92 Å². The van der Waals surface area contributed by atoms with Crippen LogP contribution in [0.25, 0.3) is 0 Å². The van der Waals surface area contributed by atoms with Gasteiger partial charge in [0.1, 0.15) is 6.04 Å². The normalized spacial score (nSPS) is 16.7. The molecule has 0 bridgehead atoms. The zero-order valence-electron chi connectivity index (χ0n) is 13.5. The van der Waals surface area contributed by atoms with Crippen LogP contribution in [0.2, 0.25) is 0 Å². The number of carbonyl (C=O) groups excluding carboxylic acids is 1. The Balaban J connectivity index is 2.40. The van der Waals surface area contributed by atoms with Crippen LogP contribution < -0.4 is 5.32 Å². The highest BCUT2D eigenvalue weighted by Gasteiger charge is 2.30. The third kappa shape index (κ3) is 7.22. The molecule has 0 saturated heterocycles. The van der Waals surface area contributed by atoms with Crippen molar-refractivity contribution in [3.05, 3.63) is 0 Å². The van der Waals surface area contributed by atoms with E-state index in [1.807, 2.05) is 6.92 Å². The highest BCUT2D eigenvalue weighted by Crippen LogP contribution is 2.19. The molecule has 1 aliphatic carbocycles. The molecule has 0 radical (unpaired) electrons. The van der Waals surface area contributed by atoms with Crippen LogP contribution in [0, 0.1) is 0 Å². The lowest BCUT2D eigenvalue weighted by molar-refractivity contribution is -0.146. The quantitative estimate of drug-likeness (QED) is 0.573. The van der Waals surface area contributed by atoms with Crippen molar-refractivity contribution in [3.63, 3.8) is 0 Å². The molecule has 5 heteroatoms. The van der Waals surface area contributed by atoms with Crippen molar-refractivity contribution in [3.8, 4) is 0 Å². The van der Waals surface area contributed by atoms with Gasteiger partial charge in [-0.2, -0.15) is 0 Å². The lowest BCUT2D eigenvalue weighted by Gasteiger charge is -2.26. The summed E-state index contributed by atoms with van der Waals surface area (Å²) >= 11 is 0. The molecule has 0 amide bonds. The highest BCUT2D eigenvalue weighted by molar-refractivity contribution is 5.76. The minimum atomic E-state index is -0.179. The van der Waals surface area contributed by atoms with Crippen molar-refractivity contribution in [2.45, 2.75) is 45.2 Å². The molecule has 0 aliphatic heterocycles. The van der Waals surface area contributed by atoms with Crippen LogP contribution in [0.15, 0.2) is 0 Å². The molecule has 118 valence electrons. The van der Waals surface area contributed by atoms with Gasteiger partial charge < -0.3 is 19.9 Å². The molecule has 0 spiro atoms. The van der Waals surface area contributed by atoms with E-state index in [0.29, 0.717) is 12.6 Å². The number of rotatable bonds is 11.